The molecule has 3 heteroatoms. The molecule has 0 aromatic heterocycles. The van der Waals surface area contributed by atoms with Gasteiger partial charge in [0.1, 0.15) is 6.54 Å². The van der Waals surface area contributed by atoms with Crippen molar-refractivity contribution in [3.05, 3.63) is 23.8 Å². The van der Waals surface area contributed by atoms with E-state index in [0.717, 1.165) is 18.0 Å². The fraction of sp³-hybridized carbons (Fsp3) is 0.500. The van der Waals surface area contributed by atoms with Crippen LogP contribution in [0.4, 0.5) is 0 Å². The van der Waals surface area contributed by atoms with Crippen molar-refractivity contribution < 1.29 is 14.8 Å². The molecule has 0 saturated carbocycles. The molecule has 0 aliphatic carbocycles. The molecular formula is C12H18NO2+. The van der Waals surface area contributed by atoms with E-state index in [-0.39, 0.29) is 0 Å². The highest BCUT2D eigenvalue weighted by Gasteiger charge is 2.13. The number of hydrogen-bond donors (Lipinski definition) is 1. The Labute approximate surface area is 90.4 Å². The molecule has 0 saturated heterocycles. The lowest BCUT2D eigenvalue weighted by Crippen LogP contribution is -2.87. The van der Waals surface area contributed by atoms with Crippen LogP contribution in [0.25, 0.3) is 0 Å². The number of hydrogen-bond acceptors (Lipinski definition) is 2. The summed E-state index contributed by atoms with van der Waals surface area (Å²) in [5.74, 6) is 1.74. The second kappa shape index (κ2) is 4.53. The van der Waals surface area contributed by atoms with Crippen LogP contribution in [-0.4, -0.2) is 12.8 Å². The molecule has 1 aromatic rings. The van der Waals surface area contributed by atoms with E-state index in [4.69, 9.17) is 9.47 Å². The van der Waals surface area contributed by atoms with E-state index in [1.54, 1.807) is 0 Å². The van der Waals surface area contributed by atoms with Gasteiger partial charge in [0.15, 0.2) is 11.5 Å². The third-order valence-corrected chi connectivity index (χ3v) is 2.84. The van der Waals surface area contributed by atoms with Crippen LogP contribution in [0.1, 0.15) is 25.8 Å². The van der Waals surface area contributed by atoms with Gasteiger partial charge in [0.2, 0.25) is 6.79 Å². The SMILES string of the molecule is CC[C@@H](C)[NH2+]Cc1ccc2c(c1)OCO2. The summed E-state index contributed by atoms with van der Waals surface area (Å²) in [5, 5.41) is 2.34. The van der Waals surface area contributed by atoms with E-state index < -0.39 is 0 Å². The Bertz CT molecular complexity index is 338. The molecule has 3 nitrogen and oxygen atoms in total. The van der Waals surface area contributed by atoms with Crippen LogP contribution in [0.5, 0.6) is 11.5 Å². The molecule has 0 spiro atoms. The zero-order valence-electron chi connectivity index (χ0n) is 9.32. The van der Waals surface area contributed by atoms with Crippen LogP contribution in [0.2, 0.25) is 0 Å². The van der Waals surface area contributed by atoms with Crippen molar-refractivity contribution in [2.24, 2.45) is 0 Å². The van der Waals surface area contributed by atoms with Crippen molar-refractivity contribution in [1.82, 2.24) is 0 Å². The van der Waals surface area contributed by atoms with Crippen molar-refractivity contribution in [2.75, 3.05) is 6.79 Å². The summed E-state index contributed by atoms with van der Waals surface area (Å²) in [6.07, 6.45) is 1.20. The van der Waals surface area contributed by atoms with Gasteiger partial charge < -0.3 is 14.8 Å². The maximum atomic E-state index is 5.34. The topological polar surface area (TPSA) is 35.1 Å². The molecule has 1 aliphatic rings. The Morgan fingerprint density at radius 2 is 2.13 bits per heavy atom. The minimum atomic E-state index is 0.355. The van der Waals surface area contributed by atoms with Gasteiger partial charge in [0.05, 0.1) is 6.04 Å². The zero-order chi connectivity index (χ0) is 10.7. The summed E-state index contributed by atoms with van der Waals surface area (Å²) in [4.78, 5) is 0. The van der Waals surface area contributed by atoms with Crippen molar-refractivity contribution in [2.45, 2.75) is 32.9 Å². The molecular weight excluding hydrogens is 190 g/mol. The minimum absolute atomic E-state index is 0.355. The van der Waals surface area contributed by atoms with E-state index in [1.807, 2.05) is 6.07 Å². The molecule has 2 rings (SSSR count). The first kappa shape index (κ1) is 10.3. The van der Waals surface area contributed by atoms with E-state index >= 15 is 0 Å². The lowest BCUT2D eigenvalue weighted by Gasteiger charge is -2.08. The quantitative estimate of drug-likeness (QED) is 0.809. The summed E-state index contributed by atoms with van der Waals surface area (Å²) < 4.78 is 10.6. The smallest absolute Gasteiger partial charge is 0.231 e. The molecule has 1 aliphatic heterocycles. The number of benzene rings is 1. The van der Waals surface area contributed by atoms with Gasteiger partial charge in [-0.3, -0.25) is 0 Å². The lowest BCUT2D eigenvalue weighted by molar-refractivity contribution is -0.701. The van der Waals surface area contributed by atoms with Crippen LogP contribution < -0.4 is 14.8 Å². The van der Waals surface area contributed by atoms with Crippen molar-refractivity contribution in [3.63, 3.8) is 0 Å². The highest BCUT2D eigenvalue weighted by Crippen LogP contribution is 2.32. The highest BCUT2D eigenvalue weighted by molar-refractivity contribution is 5.44. The molecule has 1 aromatic carbocycles. The number of ether oxygens (including phenoxy) is 2. The molecule has 0 bridgehead atoms. The van der Waals surface area contributed by atoms with E-state index in [9.17, 15) is 0 Å². The summed E-state index contributed by atoms with van der Waals surface area (Å²) in [5.41, 5.74) is 1.29. The van der Waals surface area contributed by atoms with Crippen molar-refractivity contribution in [1.29, 1.82) is 0 Å². The van der Waals surface area contributed by atoms with Gasteiger partial charge in [0.25, 0.3) is 0 Å². The summed E-state index contributed by atoms with van der Waals surface area (Å²) >= 11 is 0. The average Bonchev–Trinajstić information content (AvgIpc) is 2.72. The van der Waals surface area contributed by atoms with Gasteiger partial charge in [-0.25, -0.2) is 0 Å². The minimum Gasteiger partial charge on any atom is -0.454 e. The zero-order valence-corrected chi connectivity index (χ0v) is 9.32. The lowest BCUT2D eigenvalue weighted by atomic mass is 10.2. The van der Waals surface area contributed by atoms with Crippen LogP contribution >= 0.6 is 0 Å². The fourth-order valence-electron chi connectivity index (χ4n) is 1.57. The van der Waals surface area contributed by atoms with E-state index in [2.05, 4.69) is 31.3 Å². The van der Waals surface area contributed by atoms with Gasteiger partial charge in [0, 0.05) is 5.56 Å². The van der Waals surface area contributed by atoms with Gasteiger partial charge in [-0.15, -0.1) is 0 Å². The Kier molecular flexibility index (Phi) is 3.11. The fourth-order valence-corrected chi connectivity index (χ4v) is 1.57. The Balaban J connectivity index is 1.98. The largest absolute Gasteiger partial charge is 0.454 e. The molecule has 15 heavy (non-hydrogen) atoms. The third kappa shape index (κ3) is 2.42. The number of quaternary nitrogens is 1. The molecule has 1 atom stereocenters. The van der Waals surface area contributed by atoms with Gasteiger partial charge >= 0.3 is 0 Å². The monoisotopic (exact) mass is 208 g/mol. The van der Waals surface area contributed by atoms with Crippen LogP contribution in [0.15, 0.2) is 18.2 Å². The van der Waals surface area contributed by atoms with E-state index in [0.29, 0.717) is 12.8 Å². The molecule has 2 N–H and O–H groups in total. The second-order valence-corrected chi connectivity index (χ2v) is 4.01. The predicted octanol–water partition coefficient (Wildman–Crippen LogP) is 1.28. The normalized spacial score (nSPS) is 15.3. The van der Waals surface area contributed by atoms with E-state index in [1.165, 1.54) is 12.0 Å². The van der Waals surface area contributed by atoms with Crippen molar-refractivity contribution >= 4 is 0 Å². The summed E-state index contributed by atoms with van der Waals surface area (Å²) in [6, 6.07) is 6.84. The first-order valence-corrected chi connectivity index (χ1v) is 5.51. The average molecular weight is 208 g/mol. The maximum Gasteiger partial charge on any atom is 0.231 e. The Morgan fingerprint density at radius 3 is 2.93 bits per heavy atom. The number of rotatable bonds is 4. The van der Waals surface area contributed by atoms with Gasteiger partial charge in [-0.1, -0.05) is 6.92 Å². The number of nitrogens with two attached hydrogens (primary N) is 1. The van der Waals surface area contributed by atoms with Crippen molar-refractivity contribution in [3.8, 4) is 11.5 Å². The molecule has 1 heterocycles. The van der Waals surface area contributed by atoms with Crippen LogP contribution in [0.3, 0.4) is 0 Å². The summed E-state index contributed by atoms with van der Waals surface area (Å²) in [6.45, 7) is 5.81. The van der Waals surface area contributed by atoms with Gasteiger partial charge in [-0.05, 0) is 31.5 Å². The molecule has 0 unspecified atom stereocenters. The highest BCUT2D eigenvalue weighted by atomic mass is 16.7. The molecule has 0 radical (unpaired) electrons. The maximum absolute atomic E-state index is 5.34. The van der Waals surface area contributed by atoms with Crippen LogP contribution in [-0.2, 0) is 6.54 Å². The Hall–Kier alpha value is -1.22. The molecule has 0 fully saturated rings. The molecule has 82 valence electrons. The first-order chi connectivity index (χ1) is 7.29. The first-order valence-electron chi connectivity index (χ1n) is 5.51. The standard InChI is InChI=1S/C12H17NO2/c1-3-9(2)13-7-10-4-5-11-12(6-10)15-8-14-11/h4-6,9,13H,3,7-8H2,1-2H3/p+1/t9-/m1/s1. The van der Waals surface area contributed by atoms with Crippen LogP contribution in [0, 0.1) is 0 Å². The van der Waals surface area contributed by atoms with Gasteiger partial charge in [-0.2, -0.15) is 0 Å². The Morgan fingerprint density at radius 1 is 1.33 bits per heavy atom. The molecule has 0 amide bonds. The predicted molar refractivity (Wildman–Crippen MR) is 57.9 cm³/mol. The summed E-state index contributed by atoms with van der Waals surface area (Å²) in [7, 11) is 0. The third-order valence-electron chi connectivity index (χ3n) is 2.84. The number of fused-ring (bicyclic) bond motifs is 1. The second-order valence-electron chi connectivity index (χ2n) is 4.01.